The molecule has 158 valence electrons. The van der Waals surface area contributed by atoms with Gasteiger partial charge in [0.25, 0.3) is 0 Å². The maximum Gasteiger partial charge on any atom is -0.00853 e. The fourth-order valence-electron chi connectivity index (χ4n) is 9.41. The molecule has 0 saturated heterocycles. The Morgan fingerprint density at radius 2 is 1.79 bits per heavy atom. The van der Waals surface area contributed by atoms with Crippen molar-refractivity contribution in [3.63, 3.8) is 0 Å². The molecular weight excluding hydrogens is 336 g/mol. The standard InChI is InChI=1S/C28H46/c1-19(9-10-21-18-26(21,2)3)23-13-14-24-22-12-11-20-8-6-7-16-27(20,4)25(22)15-17-28(23,24)5/h11,19,21-25H,6-10,12-18H2,1-5H3/t19-,21?,22+,23-,24+,25+,27+,28-/m1/s1. The molecule has 0 nitrogen and oxygen atoms in total. The Morgan fingerprint density at radius 1 is 1.00 bits per heavy atom. The number of hydrogen-bond donors (Lipinski definition) is 0. The van der Waals surface area contributed by atoms with Crippen molar-refractivity contribution in [2.75, 3.05) is 0 Å². The number of fused-ring (bicyclic) bond motifs is 5. The minimum atomic E-state index is 0.573. The molecule has 0 aromatic rings. The third-order valence-corrected chi connectivity index (χ3v) is 11.5. The molecule has 0 bridgehead atoms. The van der Waals surface area contributed by atoms with Gasteiger partial charge in [0.15, 0.2) is 0 Å². The van der Waals surface area contributed by atoms with Gasteiger partial charge in [-0.05, 0) is 116 Å². The van der Waals surface area contributed by atoms with Gasteiger partial charge in [-0.25, -0.2) is 0 Å². The summed E-state index contributed by atoms with van der Waals surface area (Å²) in [6, 6.07) is 0. The van der Waals surface area contributed by atoms with Crippen LogP contribution in [-0.4, -0.2) is 0 Å². The van der Waals surface area contributed by atoms with Gasteiger partial charge >= 0.3 is 0 Å². The highest BCUT2D eigenvalue weighted by Gasteiger charge is 2.58. The quantitative estimate of drug-likeness (QED) is 0.428. The van der Waals surface area contributed by atoms with Crippen LogP contribution >= 0.6 is 0 Å². The van der Waals surface area contributed by atoms with Gasteiger partial charge in [-0.3, -0.25) is 0 Å². The van der Waals surface area contributed by atoms with Crippen LogP contribution in [0.1, 0.15) is 112 Å². The van der Waals surface area contributed by atoms with Crippen LogP contribution in [0.2, 0.25) is 0 Å². The van der Waals surface area contributed by atoms with Gasteiger partial charge < -0.3 is 0 Å². The van der Waals surface area contributed by atoms with Crippen molar-refractivity contribution in [1.82, 2.24) is 0 Å². The van der Waals surface area contributed by atoms with Gasteiger partial charge in [0.05, 0.1) is 0 Å². The third kappa shape index (κ3) is 2.90. The number of rotatable bonds is 4. The predicted molar refractivity (Wildman–Crippen MR) is 120 cm³/mol. The van der Waals surface area contributed by atoms with Crippen LogP contribution in [0.3, 0.4) is 0 Å². The average molecular weight is 383 g/mol. The van der Waals surface area contributed by atoms with Gasteiger partial charge in [-0.15, -0.1) is 0 Å². The second kappa shape index (κ2) is 6.62. The van der Waals surface area contributed by atoms with Gasteiger partial charge in [-0.1, -0.05) is 59.1 Å². The Hall–Kier alpha value is -0.260. The van der Waals surface area contributed by atoms with E-state index in [-0.39, 0.29) is 0 Å². The molecule has 4 saturated carbocycles. The van der Waals surface area contributed by atoms with Crippen molar-refractivity contribution < 1.29 is 0 Å². The van der Waals surface area contributed by atoms with Crippen LogP contribution in [0.15, 0.2) is 11.6 Å². The summed E-state index contributed by atoms with van der Waals surface area (Å²) in [5, 5.41) is 0. The first kappa shape index (κ1) is 19.7. The molecule has 0 spiro atoms. The van der Waals surface area contributed by atoms with E-state index in [2.05, 4.69) is 40.7 Å². The smallest absolute Gasteiger partial charge is 0.00853 e. The summed E-state index contributed by atoms with van der Waals surface area (Å²) in [6.45, 7) is 13.0. The van der Waals surface area contributed by atoms with Gasteiger partial charge in [0.1, 0.15) is 0 Å². The molecule has 0 radical (unpaired) electrons. The van der Waals surface area contributed by atoms with E-state index in [1.54, 1.807) is 6.42 Å². The van der Waals surface area contributed by atoms with E-state index >= 15 is 0 Å². The molecule has 1 unspecified atom stereocenters. The highest BCUT2D eigenvalue weighted by Crippen LogP contribution is 2.67. The van der Waals surface area contributed by atoms with Crippen LogP contribution < -0.4 is 0 Å². The maximum atomic E-state index is 2.75. The summed E-state index contributed by atoms with van der Waals surface area (Å²) in [5.41, 5.74) is 3.76. The Bertz CT molecular complexity index is 640. The lowest BCUT2D eigenvalue weighted by molar-refractivity contribution is -0.0501. The van der Waals surface area contributed by atoms with Crippen LogP contribution in [0.4, 0.5) is 0 Å². The van der Waals surface area contributed by atoms with E-state index in [1.165, 1.54) is 70.6 Å². The summed E-state index contributed by atoms with van der Waals surface area (Å²) in [7, 11) is 0. The molecule has 0 heteroatoms. The largest absolute Gasteiger partial charge is 0.0845 e. The normalized spacial score (nSPS) is 50.2. The fraction of sp³-hybridized carbons (Fsp3) is 0.929. The Kier molecular flexibility index (Phi) is 4.65. The molecule has 0 aromatic heterocycles. The first-order chi connectivity index (χ1) is 13.3. The summed E-state index contributed by atoms with van der Waals surface area (Å²) >= 11 is 0. The second-order valence-electron chi connectivity index (χ2n) is 13.1. The van der Waals surface area contributed by atoms with E-state index in [9.17, 15) is 0 Å². The zero-order valence-electron chi connectivity index (χ0n) is 19.5. The monoisotopic (exact) mass is 382 g/mol. The predicted octanol–water partition coefficient (Wildman–Crippen LogP) is 8.42. The van der Waals surface area contributed by atoms with Crippen LogP contribution in [0, 0.1) is 51.8 Å². The Morgan fingerprint density at radius 3 is 2.54 bits per heavy atom. The summed E-state index contributed by atoms with van der Waals surface area (Å²) in [5.74, 6) is 6.02. The molecule has 8 atom stereocenters. The molecule has 4 fully saturated rings. The maximum absolute atomic E-state index is 2.75. The van der Waals surface area contributed by atoms with Gasteiger partial charge in [0, 0.05) is 0 Å². The number of allylic oxidation sites excluding steroid dienone is 2. The Labute approximate surface area is 175 Å². The zero-order valence-corrected chi connectivity index (χ0v) is 19.5. The highest BCUT2D eigenvalue weighted by atomic mass is 14.6. The molecule has 28 heavy (non-hydrogen) atoms. The third-order valence-electron chi connectivity index (χ3n) is 11.5. The lowest BCUT2D eigenvalue weighted by Gasteiger charge is -2.58. The molecule has 5 aliphatic rings. The minimum Gasteiger partial charge on any atom is -0.0845 e. The van der Waals surface area contributed by atoms with Crippen molar-refractivity contribution in [3.8, 4) is 0 Å². The van der Waals surface area contributed by atoms with Crippen molar-refractivity contribution in [3.05, 3.63) is 11.6 Å². The fourth-order valence-corrected chi connectivity index (χ4v) is 9.41. The van der Waals surface area contributed by atoms with E-state index < -0.39 is 0 Å². The lowest BCUT2D eigenvalue weighted by atomic mass is 9.47. The van der Waals surface area contributed by atoms with Crippen LogP contribution in [0.25, 0.3) is 0 Å². The summed E-state index contributed by atoms with van der Waals surface area (Å²) in [6.07, 6.45) is 20.6. The summed E-state index contributed by atoms with van der Waals surface area (Å²) in [4.78, 5) is 0. The van der Waals surface area contributed by atoms with E-state index in [4.69, 9.17) is 0 Å². The van der Waals surface area contributed by atoms with Crippen molar-refractivity contribution in [2.24, 2.45) is 51.8 Å². The van der Waals surface area contributed by atoms with E-state index in [1.807, 2.05) is 5.57 Å². The first-order valence-electron chi connectivity index (χ1n) is 13.0. The van der Waals surface area contributed by atoms with Gasteiger partial charge in [0.2, 0.25) is 0 Å². The molecule has 5 aliphatic carbocycles. The zero-order chi connectivity index (χ0) is 19.7. The number of hydrogen-bond acceptors (Lipinski definition) is 0. The van der Waals surface area contributed by atoms with Crippen molar-refractivity contribution >= 4 is 0 Å². The molecule has 5 rings (SSSR count). The van der Waals surface area contributed by atoms with Crippen molar-refractivity contribution in [1.29, 1.82) is 0 Å². The molecule has 0 heterocycles. The topological polar surface area (TPSA) is 0 Å². The van der Waals surface area contributed by atoms with Crippen molar-refractivity contribution in [2.45, 2.75) is 112 Å². The SMILES string of the molecule is C[C@H](CCC1CC1(C)C)[C@H]1CC[C@H]2[C@@H]3CC=C4CCCC[C@]4(C)[C@H]3CC[C@]12C. The van der Waals surface area contributed by atoms with Gasteiger partial charge in [-0.2, -0.15) is 0 Å². The van der Waals surface area contributed by atoms with Crippen LogP contribution in [0.5, 0.6) is 0 Å². The lowest BCUT2D eigenvalue weighted by Crippen LogP contribution is -2.50. The second-order valence-corrected chi connectivity index (χ2v) is 13.1. The minimum absolute atomic E-state index is 0.573. The first-order valence-corrected chi connectivity index (χ1v) is 13.0. The van der Waals surface area contributed by atoms with E-state index in [0.29, 0.717) is 16.2 Å². The molecule has 0 aliphatic heterocycles. The van der Waals surface area contributed by atoms with Crippen LogP contribution in [-0.2, 0) is 0 Å². The highest BCUT2D eigenvalue weighted by molar-refractivity contribution is 5.24. The summed E-state index contributed by atoms with van der Waals surface area (Å²) < 4.78 is 0. The molecule has 0 N–H and O–H groups in total. The van der Waals surface area contributed by atoms with E-state index in [0.717, 1.165) is 35.5 Å². The molecule has 0 amide bonds. The average Bonchev–Trinajstić information content (AvgIpc) is 3.10. The Balaban J connectivity index is 1.31. The molecular formula is C28H46. The molecule has 0 aromatic carbocycles.